The Balaban J connectivity index is 2.52. The minimum atomic E-state index is -3.30. The van der Waals surface area contributed by atoms with E-state index < -0.39 is 10.0 Å². The summed E-state index contributed by atoms with van der Waals surface area (Å²) in [5, 5.41) is 0. The van der Waals surface area contributed by atoms with E-state index in [9.17, 15) is 8.42 Å². The van der Waals surface area contributed by atoms with Crippen molar-refractivity contribution in [1.29, 1.82) is 0 Å². The summed E-state index contributed by atoms with van der Waals surface area (Å²) in [5.74, 6) is 2.99. The van der Waals surface area contributed by atoms with E-state index in [2.05, 4.69) is 18.9 Å². The lowest BCUT2D eigenvalue weighted by Gasteiger charge is -2.14. The Morgan fingerprint density at radius 2 is 1.71 bits per heavy atom. The second kappa shape index (κ2) is 9.46. The van der Waals surface area contributed by atoms with E-state index in [0.717, 1.165) is 18.4 Å². The molecule has 0 saturated heterocycles. The maximum absolute atomic E-state index is 11.8. The molecule has 3 nitrogen and oxygen atoms in total. The van der Waals surface area contributed by atoms with Crippen LogP contribution in [-0.4, -0.2) is 19.0 Å². The third-order valence-electron chi connectivity index (χ3n) is 3.18. The van der Waals surface area contributed by atoms with Crippen molar-refractivity contribution in [3.63, 3.8) is 0 Å². The van der Waals surface area contributed by atoms with E-state index in [-0.39, 0.29) is 0 Å². The fourth-order valence-electron chi connectivity index (χ4n) is 1.95. The van der Waals surface area contributed by atoms with Crippen LogP contribution in [-0.2, 0) is 16.6 Å². The monoisotopic (exact) mass is 307 g/mol. The van der Waals surface area contributed by atoms with Crippen LogP contribution >= 0.6 is 0 Å². The largest absolute Gasteiger partial charge is 0.239 e. The van der Waals surface area contributed by atoms with Gasteiger partial charge in [-0.25, -0.2) is 12.7 Å². The summed E-state index contributed by atoms with van der Waals surface area (Å²) in [5.41, 5.74) is 0.945. The first-order chi connectivity index (χ1) is 10.0. The third kappa shape index (κ3) is 7.77. The molecule has 0 aliphatic carbocycles. The van der Waals surface area contributed by atoms with E-state index in [4.69, 9.17) is 0 Å². The maximum Gasteiger partial charge on any atom is 0.239 e. The van der Waals surface area contributed by atoms with Crippen LogP contribution in [0.1, 0.15) is 51.0 Å². The first-order valence-corrected chi connectivity index (χ1v) is 9.39. The van der Waals surface area contributed by atoms with Crippen LogP contribution in [0.2, 0.25) is 0 Å². The predicted octanol–water partition coefficient (Wildman–Crippen LogP) is 3.77. The summed E-state index contributed by atoms with van der Waals surface area (Å²) in [7, 11) is -3.30. The average Bonchev–Trinajstić information content (AvgIpc) is 2.45. The van der Waals surface area contributed by atoms with Crippen LogP contribution in [0, 0.1) is 12.0 Å². The van der Waals surface area contributed by atoms with Crippen molar-refractivity contribution >= 4 is 10.0 Å². The molecule has 0 fully saturated rings. The highest BCUT2D eigenvalue weighted by molar-refractivity contribution is 7.88. The van der Waals surface area contributed by atoms with Gasteiger partial charge in [-0.1, -0.05) is 68.9 Å². The van der Waals surface area contributed by atoms with Gasteiger partial charge < -0.3 is 0 Å². The van der Waals surface area contributed by atoms with Gasteiger partial charge in [-0.15, -0.1) is 0 Å². The molecular formula is C17H25NO2S. The van der Waals surface area contributed by atoms with Crippen LogP contribution in [0.5, 0.6) is 0 Å². The zero-order valence-corrected chi connectivity index (χ0v) is 13.8. The van der Waals surface area contributed by atoms with E-state index in [1.165, 1.54) is 36.2 Å². The van der Waals surface area contributed by atoms with Crippen molar-refractivity contribution in [3.8, 4) is 12.0 Å². The first-order valence-electron chi connectivity index (χ1n) is 7.54. The predicted molar refractivity (Wildman–Crippen MR) is 88.0 cm³/mol. The number of nitrogens with zero attached hydrogens (tertiary/aromatic N) is 1. The molecule has 1 aromatic carbocycles. The van der Waals surface area contributed by atoms with Crippen LogP contribution in [0.4, 0.5) is 0 Å². The minimum absolute atomic E-state index is 0.308. The van der Waals surface area contributed by atoms with Crippen LogP contribution in [0.25, 0.3) is 0 Å². The van der Waals surface area contributed by atoms with Gasteiger partial charge in [0.2, 0.25) is 10.0 Å². The van der Waals surface area contributed by atoms with Gasteiger partial charge in [0.1, 0.15) is 0 Å². The summed E-state index contributed by atoms with van der Waals surface area (Å²) in [6.45, 7) is 2.50. The lowest BCUT2D eigenvalue weighted by atomic mass is 10.1. The zero-order chi connectivity index (χ0) is 15.6. The fraction of sp³-hybridized carbons (Fsp3) is 0.529. The van der Waals surface area contributed by atoms with Crippen molar-refractivity contribution in [3.05, 3.63) is 35.9 Å². The maximum atomic E-state index is 11.8. The standard InChI is InChI=1S/C17H25NO2S/c1-3-4-5-6-7-8-12-15-18(21(2,19)20)16-17-13-10-9-11-14-17/h9-11,13-14H,3-8,16H2,1-2H3. The molecule has 0 unspecified atom stereocenters. The lowest BCUT2D eigenvalue weighted by molar-refractivity contribution is 0.514. The second-order valence-corrected chi connectivity index (χ2v) is 7.11. The minimum Gasteiger partial charge on any atom is -0.224 e. The first kappa shape index (κ1) is 17.6. The molecule has 0 saturated carbocycles. The Hall–Kier alpha value is -1.47. The van der Waals surface area contributed by atoms with Gasteiger partial charge in [-0.05, 0) is 12.0 Å². The second-order valence-electron chi connectivity index (χ2n) is 5.21. The number of rotatable bonds is 8. The summed E-state index contributed by atoms with van der Waals surface area (Å²) >= 11 is 0. The molecule has 1 aromatic rings. The van der Waals surface area contributed by atoms with Gasteiger partial charge in [0.15, 0.2) is 0 Å². The molecule has 0 radical (unpaired) electrons. The molecule has 0 atom stereocenters. The number of unbranched alkanes of at least 4 members (excludes halogenated alkanes) is 5. The summed E-state index contributed by atoms with van der Waals surface area (Å²) in [6.07, 6.45) is 7.88. The molecule has 4 heteroatoms. The van der Waals surface area contributed by atoms with E-state index >= 15 is 0 Å². The smallest absolute Gasteiger partial charge is 0.224 e. The fourth-order valence-corrected chi connectivity index (χ4v) is 2.56. The van der Waals surface area contributed by atoms with Gasteiger partial charge in [-0.2, -0.15) is 0 Å². The number of hydrogen-bond acceptors (Lipinski definition) is 2. The zero-order valence-electron chi connectivity index (χ0n) is 13.0. The molecule has 21 heavy (non-hydrogen) atoms. The molecule has 0 aliphatic rings. The van der Waals surface area contributed by atoms with Crippen LogP contribution in [0.15, 0.2) is 30.3 Å². The summed E-state index contributed by atoms with van der Waals surface area (Å²) in [6, 6.07) is 12.3. The van der Waals surface area contributed by atoms with Crippen molar-refractivity contribution in [2.45, 2.75) is 52.0 Å². The molecule has 0 spiro atoms. The number of hydrogen-bond donors (Lipinski definition) is 0. The van der Waals surface area contributed by atoms with E-state index in [0.29, 0.717) is 6.54 Å². The third-order valence-corrected chi connectivity index (χ3v) is 4.20. The molecule has 0 heterocycles. The average molecular weight is 307 g/mol. The number of benzene rings is 1. The normalized spacial score (nSPS) is 10.8. The highest BCUT2D eigenvalue weighted by atomic mass is 32.2. The Morgan fingerprint density at radius 3 is 2.33 bits per heavy atom. The van der Waals surface area contributed by atoms with Crippen molar-refractivity contribution < 1.29 is 8.42 Å². The van der Waals surface area contributed by atoms with Crippen molar-refractivity contribution in [2.75, 3.05) is 6.26 Å². The molecule has 0 amide bonds. The van der Waals surface area contributed by atoms with Gasteiger partial charge in [0.05, 0.1) is 12.8 Å². The molecular weight excluding hydrogens is 282 g/mol. The SMILES string of the molecule is CCCCCCCC#CN(Cc1ccccc1)S(C)(=O)=O. The Morgan fingerprint density at radius 1 is 1.05 bits per heavy atom. The summed E-state index contributed by atoms with van der Waals surface area (Å²) < 4.78 is 24.8. The summed E-state index contributed by atoms with van der Waals surface area (Å²) in [4.78, 5) is 0. The molecule has 1 rings (SSSR count). The van der Waals surface area contributed by atoms with Gasteiger partial charge in [0.25, 0.3) is 0 Å². The lowest BCUT2D eigenvalue weighted by Crippen LogP contribution is -2.24. The van der Waals surface area contributed by atoms with Crippen molar-refractivity contribution in [2.24, 2.45) is 0 Å². The molecule has 0 bridgehead atoms. The van der Waals surface area contributed by atoms with Gasteiger partial charge in [0, 0.05) is 12.5 Å². The van der Waals surface area contributed by atoms with Gasteiger partial charge in [-0.3, -0.25) is 0 Å². The highest BCUT2D eigenvalue weighted by Gasteiger charge is 2.12. The topological polar surface area (TPSA) is 37.4 Å². The van der Waals surface area contributed by atoms with Crippen molar-refractivity contribution in [1.82, 2.24) is 4.31 Å². The van der Waals surface area contributed by atoms with E-state index in [1.54, 1.807) is 0 Å². The highest BCUT2D eigenvalue weighted by Crippen LogP contribution is 2.08. The van der Waals surface area contributed by atoms with E-state index in [1.807, 2.05) is 30.3 Å². The Kier molecular flexibility index (Phi) is 7.92. The molecule has 116 valence electrons. The van der Waals surface area contributed by atoms with Crippen LogP contribution < -0.4 is 0 Å². The van der Waals surface area contributed by atoms with Gasteiger partial charge >= 0.3 is 0 Å². The molecule has 0 aliphatic heterocycles. The van der Waals surface area contributed by atoms with Crippen LogP contribution in [0.3, 0.4) is 0 Å². The Labute approximate surface area is 129 Å². The molecule has 0 N–H and O–H groups in total. The molecule has 0 aromatic heterocycles. The number of sulfonamides is 1. The quantitative estimate of drug-likeness (QED) is 0.416. The Bertz CT molecular complexity index is 555.